The van der Waals surface area contributed by atoms with Crippen LogP contribution in [-0.4, -0.2) is 68.4 Å². The molecule has 1 fully saturated rings. The SMILES string of the molecule is COc1ccc([C@H]2C(C(=O)Nc3ccccc3)=C(C)N=c3s/c(=C/c4ccc(OCC(=O)N5CCOCC5)cc4)c(=O)n32)c(OC)c1. The van der Waals surface area contributed by atoms with Crippen LogP contribution in [0.5, 0.6) is 17.2 Å². The fourth-order valence-corrected chi connectivity index (χ4v) is 6.58. The first-order valence-corrected chi connectivity index (χ1v) is 15.9. The molecule has 1 saturated heterocycles. The number of ether oxygens (including phenoxy) is 4. The number of methoxy groups -OCH3 is 2. The van der Waals surface area contributed by atoms with E-state index in [1.807, 2.05) is 30.3 Å². The lowest BCUT2D eigenvalue weighted by Crippen LogP contribution is -2.42. The molecule has 12 heteroatoms. The number of rotatable bonds is 9. The number of carbonyl (C=O) groups excluding carboxylic acids is 2. The molecule has 242 valence electrons. The summed E-state index contributed by atoms with van der Waals surface area (Å²) >= 11 is 1.24. The summed E-state index contributed by atoms with van der Waals surface area (Å²) in [5.74, 6) is 1.12. The van der Waals surface area contributed by atoms with Crippen LogP contribution in [0.1, 0.15) is 24.1 Å². The number of aromatic nitrogens is 1. The number of hydrogen-bond acceptors (Lipinski definition) is 9. The fraction of sp³-hybridized carbons (Fsp3) is 0.257. The largest absolute Gasteiger partial charge is 0.497 e. The number of hydrogen-bond donors (Lipinski definition) is 1. The monoisotopic (exact) mass is 654 g/mol. The van der Waals surface area contributed by atoms with E-state index in [0.29, 0.717) is 75.4 Å². The van der Waals surface area contributed by atoms with Crippen LogP contribution in [0.2, 0.25) is 0 Å². The summed E-state index contributed by atoms with van der Waals surface area (Å²) < 4.78 is 24.1. The number of fused-ring (bicyclic) bond motifs is 1. The van der Waals surface area contributed by atoms with Crippen molar-refractivity contribution in [2.24, 2.45) is 4.99 Å². The van der Waals surface area contributed by atoms with Crippen LogP contribution >= 0.6 is 11.3 Å². The second-order valence-corrected chi connectivity index (χ2v) is 11.9. The molecule has 1 N–H and O–H groups in total. The molecule has 2 aliphatic heterocycles. The lowest BCUT2D eigenvalue weighted by molar-refractivity contribution is -0.137. The van der Waals surface area contributed by atoms with Gasteiger partial charge >= 0.3 is 0 Å². The average molecular weight is 655 g/mol. The minimum Gasteiger partial charge on any atom is -0.497 e. The van der Waals surface area contributed by atoms with E-state index in [0.717, 1.165) is 5.56 Å². The molecule has 0 radical (unpaired) electrons. The Morgan fingerprint density at radius 2 is 1.72 bits per heavy atom. The zero-order chi connectivity index (χ0) is 32.9. The number of anilines is 1. The van der Waals surface area contributed by atoms with Crippen molar-refractivity contribution in [2.75, 3.05) is 52.4 Å². The molecule has 1 atom stereocenters. The fourth-order valence-electron chi connectivity index (χ4n) is 5.53. The highest BCUT2D eigenvalue weighted by Crippen LogP contribution is 2.37. The summed E-state index contributed by atoms with van der Waals surface area (Å²) in [6, 6.07) is 20.8. The Balaban J connectivity index is 1.34. The third kappa shape index (κ3) is 6.83. The molecular formula is C35H34N4O7S. The lowest BCUT2D eigenvalue weighted by atomic mass is 9.94. The van der Waals surface area contributed by atoms with E-state index in [1.165, 1.54) is 18.4 Å². The summed E-state index contributed by atoms with van der Waals surface area (Å²) in [6.45, 7) is 3.88. The second kappa shape index (κ2) is 14.1. The van der Waals surface area contributed by atoms with Gasteiger partial charge in [0.25, 0.3) is 17.4 Å². The van der Waals surface area contributed by atoms with Gasteiger partial charge in [-0.3, -0.25) is 19.0 Å². The van der Waals surface area contributed by atoms with Gasteiger partial charge in [0.1, 0.15) is 23.3 Å². The van der Waals surface area contributed by atoms with Crippen molar-refractivity contribution in [3.63, 3.8) is 0 Å². The number of allylic oxidation sites excluding steroid dienone is 1. The van der Waals surface area contributed by atoms with Gasteiger partial charge in [0.15, 0.2) is 11.4 Å². The summed E-state index contributed by atoms with van der Waals surface area (Å²) in [4.78, 5) is 47.4. The molecule has 11 nitrogen and oxygen atoms in total. The first-order valence-electron chi connectivity index (χ1n) is 15.1. The maximum Gasteiger partial charge on any atom is 0.271 e. The second-order valence-electron chi connectivity index (χ2n) is 10.9. The van der Waals surface area contributed by atoms with Crippen molar-refractivity contribution >= 4 is 34.9 Å². The maximum absolute atomic E-state index is 14.1. The highest BCUT2D eigenvalue weighted by molar-refractivity contribution is 7.07. The van der Waals surface area contributed by atoms with Gasteiger partial charge in [-0.05, 0) is 55.0 Å². The molecule has 3 heterocycles. The van der Waals surface area contributed by atoms with Crippen molar-refractivity contribution in [1.29, 1.82) is 0 Å². The molecule has 0 aliphatic carbocycles. The number of nitrogens with one attached hydrogen (secondary N) is 1. The quantitative estimate of drug-likeness (QED) is 0.295. The van der Waals surface area contributed by atoms with Crippen LogP contribution in [0.15, 0.2) is 93.9 Å². The van der Waals surface area contributed by atoms with Crippen LogP contribution in [0.3, 0.4) is 0 Å². The Hall–Kier alpha value is -5.20. The van der Waals surface area contributed by atoms with Crippen LogP contribution in [0, 0.1) is 0 Å². The van der Waals surface area contributed by atoms with Gasteiger partial charge in [0, 0.05) is 30.4 Å². The molecule has 0 unspecified atom stereocenters. The van der Waals surface area contributed by atoms with Gasteiger partial charge < -0.3 is 29.2 Å². The molecule has 0 saturated carbocycles. The smallest absolute Gasteiger partial charge is 0.271 e. The molecule has 2 aliphatic rings. The van der Waals surface area contributed by atoms with Gasteiger partial charge in [-0.25, -0.2) is 4.99 Å². The third-order valence-electron chi connectivity index (χ3n) is 7.94. The summed E-state index contributed by atoms with van der Waals surface area (Å²) in [7, 11) is 3.10. The molecule has 2 amide bonds. The molecular weight excluding hydrogens is 620 g/mol. The number of thiazole rings is 1. The molecule has 0 bridgehead atoms. The highest BCUT2D eigenvalue weighted by atomic mass is 32.1. The van der Waals surface area contributed by atoms with E-state index < -0.39 is 6.04 Å². The van der Waals surface area contributed by atoms with Crippen LogP contribution in [-0.2, 0) is 14.3 Å². The molecule has 6 rings (SSSR count). The van der Waals surface area contributed by atoms with Crippen molar-refractivity contribution in [3.8, 4) is 17.2 Å². The molecule has 1 aromatic heterocycles. The summed E-state index contributed by atoms with van der Waals surface area (Å²) in [6.07, 6.45) is 1.78. The van der Waals surface area contributed by atoms with Crippen LogP contribution in [0.4, 0.5) is 5.69 Å². The van der Waals surface area contributed by atoms with E-state index in [2.05, 4.69) is 5.32 Å². The first-order chi connectivity index (χ1) is 22.9. The van der Waals surface area contributed by atoms with E-state index in [-0.39, 0.29) is 24.0 Å². The van der Waals surface area contributed by atoms with Gasteiger partial charge in [0.2, 0.25) is 0 Å². The first kappa shape index (κ1) is 31.8. The average Bonchev–Trinajstić information content (AvgIpc) is 3.41. The molecule has 3 aromatic carbocycles. The predicted molar refractivity (Wildman–Crippen MR) is 178 cm³/mol. The van der Waals surface area contributed by atoms with E-state index >= 15 is 0 Å². The number of nitrogens with zero attached hydrogens (tertiary/aromatic N) is 3. The molecule has 47 heavy (non-hydrogen) atoms. The summed E-state index contributed by atoms with van der Waals surface area (Å²) in [5.41, 5.74) is 2.51. The Bertz CT molecular complexity index is 2000. The number of carbonyl (C=O) groups is 2. The predicted octanol–water partition coefficient (Wildman–Crippen LogP) is 3.13. The summed E-state index contributed by atoms with van der Waals surface area (Å²) in [5, 5.41) is 2.96. The molecule has 0 spiro atoms. The number of amides is 2. The van der Waals surface area contributed by atoms with Crippen molar-refractivity contribution < 1.29 is 28.5 Å². The maximum atomic E-state index is 14.1. The number of benzene rings is 3. The minimum absolute atomic E-state index is 0.0632. The Kier molecular flexibility index (Phi) is 9.50. The van der Waals surface area contributed by atoms with E-state index in [1.54, 1.807) is 72.0 Å². The Labute approximate surface area is 275 Å². The standard InChI is InChI=1S/C35H34N4O7S/c1-22-31(33(41)37-24-7-5-4-6-8-24)32(27-14-13-26(43-2)20-28(27)44-3)39-34(42)29(47-35(39)36-22)19-23-9-11-25(12-10-23)46-21-30(40)38-15-17-45-18-16-38/h4-14,19-20,32H,15-18,21H2,1-3H3,(H,37,41)/b29-19+/t32-/m0/s1. The van der Waals surface area contributed by atoms with Crippen molar-refractivity contribution in [1.82, 2.24) is 9.47 Å². The van der Waals surface area contributed by atoms with Crippen molar-refractivity contribution in [3.05, 3.63) is 115 Å². The zero-order valence-electron chi connectivity index (χ0n) is 26.2. The van der Waals surface area contributed by atoms with E-state index in [4.69, 9.17) is 23.9 Å². The van der Waals surface area contributed by atoms with Gasteiger partial charge in [-0.1, -0.05) is 41.7 Å². The van der Waals surface area contributed by atoms with Gasteiger partial charge in [-0.15, -0.1) is 0 Å². The van der Waals surface area contributed by atoms with Gasteiger partial charge in [0.05, 0.1) is 43.2 Å². The normalized spacial score (nSPS) is 16.3. The molecule has 4 aromatic rings. The van der Waals surface area contributed by atoms with Crippen LogP contribution < -0.4 is 34.4 Å². The van der Waals surface area contributed by atoms with Crippen LogP contribution in [0.25, 0.3) is 6.08 Å². The number of para-hydroxylation sites is 1. The Morgan fingerprint density at radius 3 is 2.43 bits per heavy atom. The van der Waals surface area contributed by atoms with Crippen molar-refractivity contribution in [2.45, 2.75) is 13.0 Å². The lowest BCUT2D eigenvalue weighted by Gasteiger charge is -2.26. The Morgan fingerprint density at radius 1 is 1.00 bits per heavy atom. The zero-order valence-corrected chi connectivity index (χ0v) is 27.0. The highest BCUT2D eigenvalue weighted by Gasteiger charge is 2.34. The number of morpholine rings is 1. The minimum atomic E-state index is -0.822. The third-order valence-corrected chi connectivity index (χ3v) is 8.92. The topological polar surface area (TPSA) is 121 Å². The van der Waals surface area contributed by atoms with Gasteiger partial charge in [-0.2, -0.15) is 0 Å². The van der Waals surface area contributed by atoms with E-state index in [9.17, 15) is 14.4 Å².